The Morgan fingerprint density at radius 2 is 1.52 bits per heavy atom. The average Bonchev–Trinajstić information content (AvgIpc) is 2.66. The minimum absolute atomic E-state index is 0.402. The molecule has 0 atom stereocenters. The van der Waals surface area contributed by atoms with Crippen LogP contribution in [0.1, 0.15) is 55.2 Å². The van der Waals surface area contributed by atoms with Gasteiger partial charge in [-0.2, -0.15) is 0 Å². The molecule has 2 nitrogen and oxygen atoms in total. The highest BCUT2D eigenvalue weighted by atomic mass is 16.5. The summed E-state index contributed by atoms with van der Waals surface area (Å²) in [5.41, 5.74) is 4.21. The molecule has 0 aromatic heterocycles. The van der Waals surface area contributed by atoms with Gasteiger partial charge in [-0.3, -0.25) is 0 Å². The number of rotatable bonds is 6. The molecule has 4 saturated carbocycles. The molecular weight excluding hydrogens is 330 g/mol. The number of benzene rings is 2. The summed E-state index contributed by atoms with van der Waals surface area (Å²) in [6, 6.07) is 17.2. The summed E-state index contributed by atoms with van der Waals surface area (Å²) < 4.78 is 6.19. The maximum Gasteiger partial charge on any atom is 0.124 e. The van der Waals surface area contributed by atoms with Crippen LogP contribution in [0, 0.1) is 24.7 Å². The Morgan fingerprint density at radius 3 is 2.19 bits per heavy atom. The summed E-state index contributed by atoms with van der Waals surface area (Å²) in [6.07, 6.45) is 8.67. The SMILES string of the molecule is Cc1ccc(COc2ccccc2CNC23CC4CC(CC(C4)C2)C3)cc1. The summed E-state index contributed by atoms with van der Waals surface area (Å²) in [6.45, 7) is 3.68. The van der Waals surface area contributed by atoms with Crippen LogP contribution in [-0.2, 0) is 13.2 Å². The van der Waals surface area contributed by atoms with E-state index < -0.39 is 0 Å². The van der Waals surface area contributed by atoms with Crippen molar-refractivity contribution in [1.29, 1.82) is 0 Å². The largest absolute Gasteiger partial charge is 0.489 e. The van der Waals surface area contributed by atoms with Crippen molar-refractivity contribution >= 4 is 0 Å². The molecule has 4 bridgehead atoms. The zero-order chi connectivity index (χ0) is 18.3. The molecule has 0 unspecified atom stereocenters. The molecule has 4 aliphatic rings. The zero-order valence-corrected chi connectivity index (χ0v) is 16.4. The number of para-hydroxylation sites is 1. The molecular formula is C25H31NO. The van der Waals surface area contributed by atoms with Crippen LogP contribution in [0.25, 0.3) is 0 Å². The molecule has 6 rings (SSSR count). The van der Waals surface area contributed by atoms with Crippen LogP contribution in [0.5, 0.6) is 5.75 Å². The Hall–Kier alpha value is -1.80. The number of ether oxygens (including phenoxy) is 1. The highest BCUT2D eigenvalue weighted by molar-refractivity contribution is 5.34. The van der Waals surface area contributed by atoms with Crippen molar-refractivity contribution in [2.24, 2.45) is 17.8 Å². The predicted molar refractivity (Wildman–Crippen MR) is 110 cm³/mol. The first-order valence-corrected chi connectivity index (χ1v) is 10.7. The molecule has 142 valence electrons. The molecule has 4 aliphatic carbocycles. The van der Waals surface area contributed by atoms with Gasteiger partial charge in [0.05, 0.1) is 0 Å². The van der Waals surface area contributed by atoms with Crippen molar-refractivity contribution in [3.8, 4) is 5.75 Å². The minimum Gasteiger partial charge on any atom is -0.489 e. The lowest BCUT2D eigenvalue weighted by Gasteiger charge is -2.57. The van der Waals surface area contributed by atoms with Crippen LogP contribution in [0.4, 0.5) is 0 Å². The highest BCUT2D eigenvalue weighted by Crippen LogP contribution is 2.55. The normalized spacial score (nSPS) is 31.2. The van der Waals surface area contributed by atoms with Crippen molar-refractivity contribution < 1.29 is 4.74 Å². The second kappa shape index (κ2) is 6.98. The van der Waals surface area contributed by atoms with Gasteiger partial charge in [0.25, 0.3) is 0 Å². The van der Waals surface area contributed by atoms with Crippen LogP contribution < -0.4 is 10.1 Å². The fourth-order valence-electron chi connectivity index (χ4n) is 6.25. The van der Waals surface area contributed by atoms with E-state index in [0.29, 0.717) is 12.1 Å². The number of hydrogen-bond acceptors (Lipinski definition) is 2. The molecule has 0 radical (unpaired) electrons. The van der Waals surface area contributed by atoms with Crippen LogP contribution in [0.15, 0.2) is 48.5 Å². The molecule has 4 fully saturated rings. The lowest BCUT2D eigenvalue weighted by atomic mass is 9.53. The average molecular weight is 362 g/mol. The van der Waals surface area contributed by atoms with Crippen molar-refractivity contribution in [1.82, 2.24) is 5.32 Å². The summed E-state index contributed by atoms with van der Waals surface area (Å²) >= 11 is 0. The standard InChI is InChI=1S/C25H31NO/c1-18-6-8-19(9-7-18)17-27-24-5-3-2-4-23(24)16-26-25-13-20-10-21(14-25)12-22(11-20)15-25/h2-9,20-22,26H,10-17H2,1H3. The molecule has 1 N–H and O–H groups in total. The van der Waals surface area contributed by atoms with Crippen LogP contribution in [0.3, 0.4) is 0 Å². The molecule has 27 heavy (non-hydrogen) atoms. The van der Waals surface area contributed by atoms with E-state index in [1.165, 1.54) is 55.2 Å². The van der Waals surface area contributed by atoms with E-state index in [2.05, 4.69) is 60.8 Å². The predicted octanol–water partition coefficient (Wildman–Crippen LogP) is 5.63. The Bertz CT molecular complexity index is 759. The lowest BCUT2D eigenvalue weighted by Crippen LogP contribution is -2.58. The molecule has 0 heterocycles. The zero-order valence-electron chi connectivity index (χ0n) is 16.4. The van der Waals surface area contributed by atoms with Gasteiger partial charge in [0, 0.05) is 17.6 Å². The third kappa shape index (κ3) is 3.65. The van der Waals surface area contributed by atoms with Crippen LogP contribution in [-0.4, -0.2) is 5.54 Å². The molecule has 2 heteroatoms. The molecule has 2 aromatic rings. The molecule has 0 saturated heterocycles. The third-order valence-electron chi connectivity index (χ3n) is 7.18. The Balaban J connectivity index is 1.25. The van der Waals surface area contributed by atoms with Gasteiger partial charge in [-0.1, -0.05) is 48.0 Å². The van der Waals surface area contributed by atoms with Gasteiger partial charge in [-0.15, -0.1) is 0 Å². The van der Waals surface area contributed by atoms with Gasteiger partial charge in [0.15, 0.2) is 0 Å². The number of aryl methyl sites for hydroxylation is 1. The van der Waals surface area contributed by atoms with Gasteiger partial charge in [-0.05, 0) is 74.8 Å². The first-order valence-electron chi connectivity index (χ1n) is 10.7. The fourth-order valence-corrected chi connectivity index (χ4v) is 6.25. The van der Waals surface area contributed by atoms with E-state index in [9.17, 15) is 0 Å². The monoisotopic (exact) mass is 361 g/mol. The van der Waals surface area contributed by atoms with Gasteiger partial charge in [0.1, 0.15) is 12.4 Å². The maximum atomic E-state index is 6.19. The van der Waals surface area contributed by atoms with Crippen molar-refractivity contribution in [2.75, 3.05) is 0 Å². The second-order valence-corrected chi connectivity index (χ2v) is 9.43. The van der Waals surface area contributed by atoms with Gasteiger partial charge in [-0.25, -0.2) is 0 Å². The van der Waals surface area contributed by atoms with Crippen molar-refractivity contribution in [2.45, 2.75) is 64.1 Å². The smallest absolute Gasteiger partial charge is 0.124 e. The minimum atomic E-state index is 0.402. The molecule has 0 aliphatic heterocycles. The third-order valence-corrected chi connectivity index (χ3v) is 7.18. The van der Waals surface area contributed by atoms with Crippen molar-refractivity contribution in [3.63, 3.8) is 0 Å². The quantitative estimate of drug-likeness (QED) is 0.720. The van der Waals surface area contributed by atoms with Gasteiger partial charge in [0.2, 0.25) is 0 Å². The van der Waals surface area contributed by atoms with Crippen molar-refractivity contribution in [3.05, 3.63) is 65.2 Å². The molecule has 0 spiro atoms. The summed E-state index contributed by atoms with van der Waals surface area (Å²) in [7, 11) is 0. The van der Waals surface area contributed by atoms with E-state index in [1.807, 2.05) is 0 Å². The topological polar surface area (TPSA) is 21.3 Å². The Labute approximate surface area is 163 Å². The maximum absolute atomic E-state index is 6.19. The van der Waals surface area contributed by atoms with E-state index in [0.717, 1.165) is 30.0 Å². The van der Waals surface area contributed by atoms with E-state index in [4.69, 9.17) is 4.74 Å². The number of nitrogens with one attached hydrogen (secondary N) is 1. The first kappa shape index (κ1) is 17.3. The summed E-state index contributed by atoms with van der Waals surface area (Å²) in [5, 5.41) is 4.01. The molecule has 0 amide bonds. The lowest BCUT2D eigenvalue weighted by molar-refractivity contribution is -0.0206. The summed E-state index contributed by atoms with van der Waals surface area (Å²) in [5.74, 6) is 3.97. The van der Waals surface area contributed by atoms with Crippen LogP contribution in [0.2, 0.25) is 0 Å². The van der Waals surface area contributed by atoms with E-state index in [-0.39, 0.29) is 0 Å². The number of hydrogen-bond donors (Lipinski definition) is 1. The fraction of sp³-hybridized carbons (Fsp3) is 0.520. The highest BCUT2D eigenvalue weighted by Gasteiger charge is 2.50. The Morgan fingerprint density at radius 1 is 0.889 bits per heavy atom. The van der Waals surface area contributed by atoms with Crippen LogP contribution >= 0.6 is 0 Å². The Kier molecular flexibility index (Phi) is 4.47. The van der Waals surface area contributed by atoms with E-state index in [1.54, 1.807) is 0 Å². The summed E-state index contributed by atoms with van der Waals surface area (Å²) in [4.78, 5) is 0. The van der Waals surface area contributed by atoms with Gasteiger partial charge < -0.3 is 10.1 Å². The molecule has 2 aromatic carbocycles. The van der Waals surface area contributed by atoms with E-state index >= 15 is 0 Å². The first-order chi connectivity index (χ1) is 13.2. The van der Waals surface area contributed by atoms with Gasteiger partial charge >= 0.3 is 0 Å². The second-order valence-electron chi connectivity index (χ2n) is 9.43.